The van der Waals surface area contributed by atoms with Gasteiger partial charge in [0, 0.05) is 25.9 Å². The number of amides is 1. The van der Waals surface area contributed by atoms with Gasteiger partial charge in [0.25, 0.3) is 0 Å². The van der Waals surface area contributed by atoms with E-state index in [1.54, 1.807) is 12.1 Å². The third-order valence-electron chi connectivity index (χ3n) is 3.96. The Balaban J connectivity index is 1.58. The Morgan fingerprint density at radius 3 is 2.60 bits per heavy atom. The molecule has 1 aliphatic rings. The number of morpholine rings is 1. The quantitative estimate of drug-likeness (QED) is 0.776. The fourth-order valence-corrected chi connectivity index (χ4v) is 3.70. The second kappa shape index (κ2) is 8.47. The maximum atomic E-state index is 12.3. The summed E-state index contributed by atoms with van der Waals surface area (Å²) in [7, 11) is 0. The van der Waals surface area contributed by atoms with E-state index < -0.39 is 0 Å². The summed E-state index contributed by atoms with van der Waals surface area (Å²) in [6.07, 6.45) is 0.314. The Bertz CT molecular complexity index is 756. The highest BCUT2D eigenvalue weighted by Gasteiger charge is 2.16. The zero-order valence-electron chi connectivity index (χ0n) is 13.7. The first-order chi connectivity index (χ1) is 12.1. The van der Waals surface area contributed by atoms with Crippen molar-refractivity contribution >= 4 is 46.0 Å². The molecule has 1 amide bonds. The van der Waals surface area contributed by atoms with E-state index in [9.17, 15) is 9.59 Å². The number of rotatable bonds is 6. The highest BCUT2D eigenvalue weighted by atomic mass is 35.5. The van der Waals surface area contributed by atoms with Crippen molar-refractivity contribution in [3.8, 4) is 0 Å². The van der Waals surface area contributed by atoms with Crippen molar-refractivity contribution in [2.45, 2.75) is 12.8 Å². The van der Waals surface area contributed by atoms with Gasteiger partial charge in [0.2, 0.25) is 5.91 Å². The van der Waals surface area contributed by atoms with E-state index in [1.807, 2.05) is 24.3 Å². The van der Waals surface area contributed by atoms with Crippen molar-refractivity contribution in [2.75, 3.05) is 36.5 Å². The zero-order valence-corrected chi connectivity index (χ0v) is 15.2. The smallest absolute Gasteiger partial charge is 0.224 e. The van der Waals surface area contributed by atoms with E-state index in [0.717, 1.165) is 24.5 Å². The molecule has 2 aromatic rings. The lowest BCUT2D eigenvalue weighted by Gasteiger charge is -2.30. The molecule has 1 aromatic carbocycles. The lowest BCUT2D eigenvalue weighted by molar-refractivity contribution is -0.116. The molecular formula is C18H19ClN2O3S. The van der Waals surface area contributed by atoms with Crippen molar-refractivity contribution in [3.05, 3.63) is 45.6 Å². The van der Waals surface area contributed by atoms with E-state index in [2.05, 4.69) is 10.2 Å². The van der Waals surface area contributed by atoms with Gasteiger partial charge in [0.15, 0.2) is 5.78 Å². The predicted octanol–water partition coefficient (Wildman–Crippen LogP) is 3.84. The average Bonchev–Trinajstić information content (AvgIpc) is 3.07. The Kier molecular flexibility index (Phi) is 6.07. The number of ketones is 1. The number of para-hydroxylation sites is 2. The molecule has 0 unspecified atom stereocenters. The van der Waals surface area contributed by atoms with Crippen molar-refractivity contribution < 1.29 is 14.3 Å². The second-order valence-electron chi connectivity index (χ2n) is 5.69. The summed E-state index contributed by atoms with van der Waals surface area (Å²) in [5.41, 5.74) is 1.75. The molecule has 2 heterocycles. The molecule has 5 nitrogen and oxygen atoms in total. The van der Waals surface area contributed by atoms with Gasteiger partial charge >= 0.3 is 0 Å². The Hall–Kier alpha value is -1.89. The lowest BCUT2D eigenvalue weighted by atomic mass is 10.1. The summed E-state index contributed by atoms with van der Waals surface area (Å²) in [4.78, 5) is 27.1. The first-order valence-electron chi connectivity index (χ1n) is 8.13. The molecule has 25 heavy (non-hydrogen) atoms. The Morgan fingerprint density at radius 2 is 1.88 bits per heavy atom. The van der Waals surface area contributed by atoms with Gasteiger partial charge in [-0.3, -0.25) is 9.59 Å². The van der Waals surface area contributed by atoms with E-state index in [1.165, 1.54) is 11.3 Å². The number of thiophene rings is 1. The molecule has 0 bridgehead atoms. The largest absolute Gasteiger partial charge is 0.378 e. The number of ether oxygens (including phenoxy) is 1. The topological polar surface area (TPSA) is 58.6 Å². The van der Waals surface area contributed by atoms with Crippen LogP contribution in [0.25, 0.3) is 0 Å². The lowest BCUT2D eigenvalue weighted by Crippen LogP contribution is -2.36. The van der Waals surface area contributed by atoms with E-state index >= 15 is 0 Å². The van der Waals surface area contributed by atoms with Crippen LogP contribution >= 0.6 is 22.9 Å². The average molecular weight is 379 g/mol. The van der Waals surface area contributed by atoms with Gasteiger partial charge in [-0.15, -0.1) is 11.3 Å². The van der Waals surface area contributed by atoms with Crippen molar-refractivity contribution in [1.29, 1.82) is 0 Å². The molecule has 0 saturated carbocycles. The van der Waals surface area contributed by atoms with Crippen LogP contribution in [-0.4, -0.2) is 38.0 Å². The molecule has 0 aliphatic carbocycles. The van der Waals surface area contributed by atoms with Crippen LogP contribution in [0.3, 0.4) is 0 Å². The van der Waals surface area contributed by atoms with Crippen LogP contribution in [0.5, 0.6) is 0 Å². The van der Waals surface area contributed by atoms with Gasteiger partial charge in [0.05, 0.1) is 33.8 Å². The molecule has 0 radical (unpaired) electrons. The van der Waals surface area contributed by atoms with Crippen molar-refractivity contribution in [1.82, 2.24) is 0 Å². The van der Waals surface area contributed by atoms with Gasteiger partial charge in [0.1, 0.15) is 0 Å². The summed E-state index contributed by atoms with van der Waals surface area (Å²) in [5.74, 6) is -0.231. The molecule has 0 spiro atoms. The molecule has 1 N–H and O–H groups in total. The summed E-state index contributed by atoms with van der Waals surface area (Å²) in [5, 5.41) is 2.92. The summed E-state index contributed by atoms with van der Waals surface area (Å²) in [6, 6.07) is 11.1. The maximum absolute atomic E-state index is 12.3. The standard InChI is InChI=1S/C18H19ClN2O3S/c19-17-7-6-16(25-17)15(22)5-8-18(23)20-13-3-1-2-4-14(13)21-9-11-24-12-10-21/h1-4,6-7H,5,8-12H2,(H,20,23). The number of nitrogens with one attached hydrogen (secondary N) is 1. The molecule has 1 aliphatic heterocycles. The number of carbonyl (C=O) groups is 2. The molecule has 1 aromatic heterocycles. The molecule has 1 fully saturated rings. The highest BCUT2D eigenvalue weighted by molar-refractivity contribution is 7.18. The van der Waals surface area contributed by atoms with Gasteiger partial charge in [-0.25, -0.2) is 0 Å². The minimum Gasteiger partial charge on any atom is -0.378 e. The number of Topliss-reactive ketones (excluding diaryl/α,β-unsaturated/α-hetero) is 1. The van der Waals surface area contributed by atoms with Crippen LogP contribution in [0.15, 0.2) is 36.4 Å². The minimum atomic E-state index is -0.170. The summed E-state index contributed by atoms with van der Waals surface area (Å²) >= 11 is 7.08. The first-order valence-corrected chi connectivity index (χ1v) is 9.33. The fraction of sp³-hybridized carbons (Fsp3) is 0.333. The van der Waals surface area contributed by atoms with E-state index in [-0.39, 0.29) is 24.5 Å². The van der Waals surface area contributed by atoms with Gasteiger partial charge in [-0.1, -0.05) is 23.7 Å². The van der Waals surface area contributed by atoms with Crippen LogP contribution in [0, 0.1) is 0 Å². The molecule has 132 valence electrons. The zero-order chi connectivity index (χ0) is 17.6. The highest BCUT2D eigenvalue weighted by Crippen LogP contribution is 2.27. The third-order valence-corrected chi connectivity index (χ3v) is 5.23. The number of nitrogens with zero attached hydrogens (tertiary/aromatic N) is 1. The molecule has 1 saturated heterocycles. The van der Waals surface area contributed by atoms with Crippen molar-refractivity contribution in [2.24, 2.45) is 0 Å². The summed E-state index contributed by atoms with van der Waals surface area (Å²) in [6.45, 7) is 2.95. The second-order valence-corrected chi connectivity index (χ2v) is 7.41. The van der Waals surface area contributed by atoms with Gasteiger partial charge in [-0.05, 0) is 24.3 Å². The number of benzene rings is 1. The molecule has 3 rings (SSSR count). The number of hydrogen-bond acceptors (Lipinski definition) is 5. The predicted molar refractivity (Wildman–Crippen MR) is 101 cm³/mol. The van der Waals surface area contributed by atoms with Crippen LogP contribution < -0.4 is 10.2 Å². The van der Waals surface area contributed by atoms with E-state index in [0.29, 0.717) is 22.4 Å². The third kappa shape index (κ3) is 4.81. The number of halogens is 1. The SMILES string of the molecule is O=C(CCC(=O)c1ccc(Cl)s1)Nc1ccccc1N1CCOCC1. The fourth-order valence-electron chi connectivity index (χ4n) is 2.69. The van der Waals surface area contributed by atoms with Crippen molar-refractivity contribution in [3.63, 3.8) is 0 Å². The Labute approximate surface area is 155 Å². The van der Waals surface area contributed by atoms with Crippen LogP contribution in [0.4, 0.5) is 11.4 Å². The van der Waals surface area contributed by atoms with Crippen LogP contribution in [0.2, 0.25) is 4.34 Å². The molecule has 0 atom stereocenters. The van der Waals surface area contributed by atoms with Gasteiger partial charge < -0.3 is 15.0 Å². The number of anilines is 2. The minimum absolute atomic E-state index is 0.0616. The molecule has 7 heteroatoms. The number of carbonyl (C=O) groups excluding carboxylic acids is 2. The normalized spacial score (nSPS) is 14.4. The number of hydrogen-bond donors (Lipinski definition) is 1. The van der Waals surface area contributed by atoms with Crippen LogP contribution in [-0.2, 0) is 9.53 Å². The monoisotopic (exact) mass is 378 g/mol. The van der Waals surface area contributed by atoms with Crippen LogP contribution in [0.1, 0.15) is 22.5 Å². The van der Waals surface area contributed by atoms with Gasteiger partial charge in [-0.2, -0.15) is 0 Å². The maximum Gasteiger partial charge on any atom is 0.224 e. The molecular weight excluding hydrogens is 360 g/mol. The van der Waals surface area contributed by atoms with E-state index in [4.69, 9.17) is 16.3 Å². The summed E-state index contributed by atoms with van der Waals surface area (Å²) < 4.78 is 5.95. The first kappa shape index (κ1) is 17.9. The Morgan fingerprint density at radius 1 is 1.12 bits per heavy atom.